The number of benzene rings is 1. The Morgan fingerprint density at radius 1 is 1.29 bits per heavy atom. The molecule has 5 nitrogen and oxygen atoms in total. The van der Waals surface area contributed by atoms with Crippen LogP contribution in [0.2, 0.25) is 0 Å². The highest BCUT2D eigenvalue weighted by molar-refractivity contribution is 5.99. The van der Waals surface area contributed by atoms with E-state index < -0.39 is 5.97 Å². The Morgan fingerprint density at radius 3 is 2.67 bits per heavy atom. The van der Waals surface area contributed by atoms with Gasteiger partial charge < -0.3 is 14.3 Å². The molecule has 0 aliphatic carbocycles. The number of carbonyl (C=O) groups is 1. The number of aryl methyl sites for hydroxylation is 1. The van der Waals surface area contributed by atoms with Crippen molar-refractivity contribution in [1.82, 2.24) is 4.98 Å². The molecule has 0 fully saturated rings. The van der Waals surface area contributed by atoms with Crippen molar-refractivity contribution >= 4 is 16.9 Å². The van der Waals surface area contributed by atoms with E-state index in [9.17, 15) is 9.90 Å². The zero-order chi connectivity index (χ0) is 15.0. The minimum absolute atomic E-state index is 0.108. The predicted molar refractivity (Wildman–Crippen MR) is 77.2 cm³/mol. The highest BCUT2D eigenvalue weighted by atomic mass is 16.5. The third kappa shape index (κ3) is 2.12. The van der Waals surface area contributed by atoms with Crippen LogP contribution >= 0.6 is 0 Å². The summed E-state index contributed by atoms with van der Waals surface area (Å²) in [7, 11) is 1.24. The summed E-state index contributed by atoms with van der Waals surface area (Å²) >= 11 is 0. The van der Waals surface area contributed by atoms with Gasteiger partial charge >= 0.3 is 5.97 Å². The van der Waals surface area contributed by atoms with E-state index in [2.05, 4.69) is 9.72 Å². The lowest BCUT2D eigenvalue weighted by molar-refractivity contribution is 0.0590. The highest BCUT2D eigenvalue weighted by Crippen LogP contribution is 2.35. The van der Waals surface area contributed by atoms with Crippen LogP contribution < -0.4 is 0 Å². The molecule has 0 bridgehead atoms. The van der Waals surface area contributed by atoms with E-state index in [-0.39, 0.29) is 11.4 Å². The van der Waals surface area contributed by atoms with Crippen molar-refractivity contribution in [2.24, 2.45) is 0 Å². The number of hydrogen-bond acceptors (Lipinski definition) is 5. The second-order valence-corrected chi connectivity index (χ2v) is 4.61. The fourth-order valence-corrected chi connectivity index (χ4v) is 2.22. The fraction of sp³-hybridized carbons (Fsp3) is 0.125. The standard InChI is InChI=1S/C16H13NO4/c1-9-15-11(14(18)13(17-9)16(19)20-2)8-12(21-15)10-6-4-3-5-7-10/h3-8,18H,1-2H3. The predicted octanol–water partition coefficient (Wildman–Crippen LogP) is 3.30. The fourth-order valence-electron chi connectivity index (χ4n) is 2.22. The lowest BCUT2D eigenvalue weighted by Crippen LogP contribution is -2.05. The topological polar surface area (TPSA) is 72.6 Å². The number of fused-ring (bicyclic) bond motifs is 1. The van der Waals surface area contributed by atoms with E-state index >= 15 is 0 Å². The summed E-state index contributed by atoms with van der Waals surface area (Å²) in [6, 6.07) is 11.2. The third-order valence-electron chi connectivity index (χ3n) is 3.26. The Bertz CT molecular complexity index is 821. The quantitative estimate of drug-likeness (QED) is 0.730. The summed E-state index contributed by atoms with van der Waals surface area (Å²) in [6.45, 7) is 1.71. The lowest BCUT2D eigenvalue weighted by Gasteiger charge is -2.03. The Labute approximate surface area is 120 Å². The summed E-state index contributed by atoms with van der Waals surface area (Å²) in [5, 5.41) is 10.7. The number of carbonyl (C=O) groups excluding carboxylic acids is 1. The summed E-state index contributed by atoms with van der Waals surface area (Å²) < 4.78 is 10.4. The van der Waals surface area contributed by atoms with Crippen LogP contribution in [0.3, 0.4) is 0 Å². The zero-order valence-electron chi connectivity index (χ0n) is 11.6. The Kier molecular flexibility index (Phi) is 3.10. The first-order chi connectivity index (χ1) is 10.1. The summed E-state index contributed by atoms with van der Waals surface area (Å²) in [5.41, 5.74) is 1.75. The second kappa shape index (κ2) is 4.94. The molecule has 3 rings (SSSR count). The second-order valence-electron chi connectivity index (χ2n) is 4.61. The molecule has 1 N–H and O–H groups in total. The van der Waals surface area contributed by atoms with Gasteiger partial charge in [-0.1, -0.05) is 30.3 Å². The van der Waals surface area contributed by atoms with Gasteiger partial charge in [0.1, 0.15) is 5.76 Å². The van der Waals surface area contributed by atoms with E-state index in [1.165, 1.54) is 7.11 Å². The summed E-state index contributed by atoms with van der Waals surface area (Å²) in [6.07, 6.45) is 0. The molecule has 5 heteroatoms. The summed E-state index contributed by atoms with van der Waals surface area (Å²) in [5.74, 6) is -0.304. The number of methoxy groups -OCH3 is 1. The van der Waals surface area contributed by atoms with Crippen molar-refractivity contribution < 1.29 is 19.1 Å². The minimum Gasteiger partial charge on any atom is -0.505 e. The molecule has 0 unspecified atom stereocenters. The average Bonchev–Trinajstić information content (AvgIpc) is 2.97. The molecule has 0 saturated heterocycles. The molecular weight excluding hydrogens is 270 g/mol. The van der Waals surface area contributed by atoms with Gasteiger partial charge in [0.2, 0.25) is 0 Å². The largest absolute Gasteiger partial charge is 0.505 e. The number of aromatic hydroxyl groups is 1. The first-order valence-electron chi connectivity index (χ1n) is 6.38. The third-order valence-corrected chi connectivity index (χ3v) is 3.26. The number of nitrogens with zero attached hydrogens (tertiary/aromatic N) is 1. The van der Waals surface area contributed by atoms with Gasteiger partial charge in [-0.15, -0.1) is 0 Å². The monoisotopic (exact) mass is 283 g/mol. The van der Waals surface area contributed by atoms with Crippen LogP contribution in [-0.4, -0.2) is 23.2 Å². The number of pyridine rings is 1. The van der Waals surface area contributed by atoms with Crippen molar-refractivity contribution in [3.05, 3.63) is 47.8 Å². The van der Waals surface area contributed by atoms with Crippen molar-refractivity contribution in [2.75, 3.05) is 7.11 Å². The van der Waals surface area contributed by atoms with E-state index in [0.29, 0.717) is 22.4 Å². The van der Waals surface area contributed by atoms with Crippen molar-refractivity contribution in [1.29, 1.82) is 0 Å². The van der Waals surface area contributed by atoms with E-state index in [1.54, 1.807) is 13.0 Å². The Hall–Kier alpha value is -2.82. The van der Waals surface area contributed by atoms with Crippen LogP contribution in [0.1, 0.15) is 16.2 Å². The van der Waals surface area contributed by atoms with Gasteiger partial charge in [0.25, 0.3) is 0 Å². The first kappa shape index (κ1) is 13.2. The van der Waals surface area contributed by atoms with E-state index in [0.717, 1.165) is 5.56 Å². The molecule has 2 aromatic heterocycles. The van der Waals surface area contributed by atoms with Crippen LogP contribution in [0.5, 0.6) is 5.75 Å². The molecule has 3 aromatic rings. The molecule has 1 aromatic carbocycles. The molecule has 0 radical (unpaired) electrons. The van der Waals surface area contributed by atoms with Crippen molar-refractivity contribution in [3.63, 3.8) is 0 Å². The minimum atomic E-state index is -0.681. The summed E-state index contributed by atoms with van der Waals surface area (Å²) in [4.78, 5) is 15.7. The molecule has 0 atom stereocenters. The molecule has 0 aliphatic rings. The maximum atomic E-state index is 11.6. The lowest BCUT2D eigenvalue weighted by atomic mass is 10.1. The molecule has 0 aliphatic heterocycles. The van der Waals surface area contributed by atoms with Gasteiger partial charge in [0.05, 0.1) is 18.2 Å². The van der Waals surface area contributed by atoms with Crippen molar-refractivity contribution in [2.45, 2.75) is 6.92 Å². The molecule has 106 valence electrons. The smallest absolute Gasteiger partial charge is 0.360 e. The van der Waals surface area contributed by atoms with Crippen LogP contribution in [0, 0.1) is 6.92 Å². The maximum absolute atomic E-state index is 11.6. The van der Waals surface area contributed by atoms with Gasteiger partial charge in [-0.2, -0.15) is 0 Å². The Balaban J connectivity index is 2.24. The molecule has 2 heterocycles. The SMILES string of the molecule is COC(=O)c1nc(C)c2oc(-c3ccccc3)cc2c1O. The van der Waals surface area contributed by atoms with Gasteiger partial charge in [-0.05, 0) is 13.0 Å². The molecular formula is C16H13NO4. The number of furan rings is 1. The number of esters is 1. The van der Waals surface area contributed by atoms with Gasteiger partial charge in [0, 0.05) is 5.56 Å². The molecule has 21 heavy (non-hydrogen) atoms. The van der Waals surface area contributed by atoms with Crippen LogP contribution in [0.4, 0.5) is 0 Å². The average molecular weight is 283 g/mol. The number of rotatable bonds is 2. The number of ether oxygens (including phenoxy) is 1. The van der Waals surface area contributed by atoms with Gasteiger partial charge in [0.15, 0.2) is 17.0 Å². The van der Waals surface area contributed by atoms with Crippen LogP contribution in [0.25, 0.3) is 22.3 Å². The van der Waals surface area contributed by atoms with E-state index in [1.807, 2.05) is 30.3 Å². The molecule has 0 spiro atoms. The van der Waals surface area contributed by atoms with Crippen LogP contribution in [0.15, 0.2) is 40.8 Å². The first-order valence-corrected chi connectivity index (χ1v) is 6.38. The molecule has 0 saturated carbocycles. The van der Waals surface area contributed by atoms with Gasteiger partial charge in [-0.25, -0.2) is 9.78 Å². The highest BCUT2D eigenvalue weighted by Gasteiger charge is 2.21. The number of aromatic nitrogens is 1. The Morgan fingerprint density at radius 2 is 2.00 bits per heavy atom. The normalized spacial score (nSPS) is 10.8. The maximum Gasteiger partial charge on any atom is 0.360 e. The zero-order valence-corrected chi connectivity index (χ0v) is 11.6. The van der Waals surface area contributed by atoms with Gasteiger partial charge in [-0.3, -0.25) is 0 Å². The van der Waals surface area contributed by atoms with Crippen LogP contribution in [-0.2, 0) is 4.74 Å². The number of hydrogen-bond donors (Lipinski definition) is 1. The van der Waals surface area contributed by atoms with E-state index in [4.69, 9.17) is 4.42 Å². The molecule has 0 amide bonds. The van der Waals surface area contributed by atoms with Crippen molar-refractivity contribution in [3.8, 4) is 17.1 Å².